The third kappa shape index (κ3) is 1.16. The molecule has 1 N–H and O–H groups in total. The van der Waals surface area contributed by atoms with E-state index in [0.29, 0.717) is 4.88 Å². The van der Waals surface area contributed by atoms with Crippen LogP contribution in [0.5, 0.6) is 0 Å². The molecule has 3 nitrogen and oxygen atoms in total. The highest BCUT2D eigenvalue weighted by molar-refractivity contribution is 7.11. The predicted molar refractivity (Wildman–Crippen MR) is 39.1 cm³/mol. The fourth-order valence-electron chi connectivity index (χ4n) is 0.586. The van der Waals surface area contributed by atoms with Crippen LogP contribution in [0.3, 0.4) is 0 Å². The number of carbonyl (C=O) groups excluding carboxylic acids is 1. The van der Waals surface area contributed by atoms with Crippen LogP contribution in [0.25, 0.3) is 0 Å². The SMILES string of the molecule is CNC(=O)c1s[c]nc1C. The Morgan fingerprint density at radius 3 is 2.90 bits per heavy atom. The van der Waals surface area contributed by atoms with E-state index in [1.54, 1.807) is 14.0 Å². The van der Waals surface area contributed by atoms with Gasteiger partial charge in [0.15, 0.2) is 5.51 Å². The molecule has 0 atom stereocenters. The third-order valence-corrected chi connectivity index (χ3v) is 1.99. The Balaban J connectivity index is 2.93. The number of hydrogen-bond acceptors (Lipinski definition) is 3. The van der Waals surface area contributed by atoms with Crippen molar-refractivity contribution in [3.8, 4) is 0 Å². The fourth-order valence-corrected chi connectivity index (χ4v) is 1.25. The van der Waals surface area contributed by atoms with Crippen LogP contribution in [-0.4, -0.2) is 17.9 Å². The smallest absolute Gasteiger partial charge is 0.263 e. The Morgan fingerprint density at radius 2 is 2.50 bits per heavy atom. The van der Waals surface area contributed by atoms with Gasteiger partial charge in [-0.25, -0.2) is 4.98 Å². The molecule has 4 heteroatoms. The summed E-state index contributed by atoms with van der Waals surface area (Å²) in [6.45, 7) is 1.79. The molecule has 53 valence electrons. The van der Waals surface area contributed by atoms with Gasteiger partial charge in [0, 0.05) is 7.05 Å². The van der Waals surface area contributed by atoms with Crippen LogP contribution in [0.15, 0.2) is 0 Å². The molecule has 10 heavy (non-hydrogen) atoms. The molecule has 1 heterocycles. The number of aromatic nitrogens is 1. The van der Waals surface area contributed by atoms with Crippen molar-refractivity contribution in [1.29, 1.82) is 0 Å². The predicted octanol–water partition coefficient (Wildman–Crippen LogP) is 0.611. The quantitative estimate of drug-likeness (QED) is 0.645. The van der Waals surface area contributed by atoms with E-state index in [0.717, 1.165) is 5.69 Å². The van der Waals surface area contributed by atoms with Crippen molar-refractivity contribution in [2.24, 2.45) is 0 Å². The van der Waals surface area contributed by atoms with Crippen LogP contribution in [0.1, 0.15) is 15.4 Å². The number of carbonyl (C=O) groups is 1. The summed E-state index contributed by atoms with van der Waals surface area (Å²) in [7, 11) is 1.60. The normalized spacial score (nSPS) is 9.40. The molecule has 0 aliphatic heterocycles. The lowest BCUT2D eigenvalue weighted by Crippen LogP contribution is -2.17. The molecule has 1 aromatic heterocycles. The average Bonchev–Trinajstić information content (AvgIpc) is 2.34. The van der Waals surface area contributed by atoms with E-state index in [2.05, 4.69) is 15.8 Å². The van der Waals surface area contributed by atoms with Crippen molar-refractivity contribution < 1.29 is 4.79 Å². The molecule has 0 saturated carbocycles. The lowest BCUT2D eigenvalue weighted by molar-refractivity contribution is 0.0966. The zero-order valence-electron chi connectivity index (χ0n) is 5.76. The Hall–Kier alpha value is -0.900. The highest BCUT2D eigenvalue weighted by Gasteiger charge is 2.08. The summed E-state index contributed by atoms with van der Waals surface area (Å²) in [4.78, 5) is 15.4. The van der Waals surface area contributed by atoms with Crippen molar-refractivity contribution in [3.05, 3.63) is 16.1 Å². The minimum atomic E-state index is -0.0868. The van der Waals surface area contributed by atoms with Gasteiger partial charge >= 0.3 is 0 Å². The summed E-state index contributed by atoms with van der Waals surface area (Å²) in [6.07, 6.45) is 0. The van der Waals surface area contributed by atoms with Crippen LogP contribution in [0.4, 0.5) is 0 Å². The molecule has 0 aliphatic carbocycles. The second kappa shape index (κ2) is 2.79. The zero-order valence-corrected chi connectivity index (χ0v) is 6.58. The Morgan fingerprint density at radius 1 is 1.80 bits per heavy atom. The summed E-state index contributed by atoms with van der Waals surface area (Å²) in [5, 5.41) is 2.52. The summed E-state index contributed by atoms with van der Waals surface area (Å²) in [6, 6.07) is 0. The molecular weight excluding hydrogens is 148 g/mol. The first-order chi connectivity index (χ1) is 4.75. The van der Waals surface area contributed by atoms with Crippen molar-refractivity contribution in [1.82, 2.24) is 10.3 Å². The van der Waals surface area contributed by atoms with Crippen molar-refractivity contribution >= 4 is 17.2 Å². The second-order valence-corrected chi connectivity index (χ2v) is 2.59. The first-order valence-corrected chi connectivity index (χ1v) is 3.63. The van der Waals surface area contributed by atoms with E-state index in [9.17, 15) is 4.79 Å². The van der Waals surface area contributed by atoms with Crippen molar-refractivity contribution in [3.63, 3.8) is 0 Å². The number of hydrogen-bond donors (Lipinski definition) is 1. The molecule has 0 aliphatic rings. The topological polar surface area (TPSA) is 42.0 Å². The zero-order chi connectivity index (χ0) is 7.56. The molecule has 1 amide bonds. The van der Waals surface area contributed by atoms with Gasteiger partial charge in [-0.05, 0) is 6.92 Å². The minimum absolute atomic E-state index is 0.0868. The van der Waals surface area contributed by atoms with E-state index in [1.165, 1.54) is 11.3 Å². The second-order valence-electron chi connectivity index (χ2n) is 1.80. The first kappa shape index (κ1) is 7.21. The van der Waals surface area contributed by atoms with E-state index in [1.807, 2.05) is 0 Å². The highest BCUT2D eigenvalue weighted by atomic mass is 32.1. The van der Waals surface area contributed by atoms with Gasteiger partial charge in [0.2, 0.25) is 0 Å². The van der Waals surface area contributed by atoms with E-state index in [4.69, 9.17) is 0 Å². The Kier molecular flexibility index (Phi) is 2.01. The van der Waals surface area contributed by atoms with Crippen molar-refractivity contribution in [2.45, 2.75) is 6.92 Å². The number of nitrogens with zero attached hydrogens (tertiary/aromatic N) is 1. The van der Waals surface area contributed by atoms with Crippen molar-refractivity contribution in [2.75, 3.05) is 7.05 Å². The van der Waals surface area contributed by atoms with Gasteiger partial charge in [-0.15, -0.1) is 11.3 Å². The molecule has 1 aromatic rings. The molecule has 0 saturated heterocycles. The standard InChI is InChI=1S/C6H7N2OS/c1-4-5(6(9)7-2)10-3-8-4/h1-2H3,(H,7,9). The molecule has 1 rings (SSSR count). The number of nitrogens with one attached hydrogen (secondary N) is 1. The van der Waals surface area contributed by atoms with Gasteiger partial charge in [-0.3, -0.25) is 4.79 Å². The third-order valence-electron chi connectivity index (χ3n) is 1.12. The van der Waals surface area contributed by atoms with Gasteiger partial charge in [0.05, 0.1) is 5.69 Å². The maximum Gasteiger partial charge on any atom is 0.263 e. The summed E-state index contributed by atoms with van der Waals surface area (Å²) in [5.74, 6) is -0.0868. The van der Waals surface area contributed by atoms with Crippen LogP contribution >= 0.6 is 11.3 Å². The van der Waals surface area contributed by atoms with E-state index < -0.39 is 0 Å². The van der Waals surface area contributed by atoms with Gasteiger partial charge in [-0.2, -0.15) is 0 Å². The lowest BCUT2D eigenvalue weighted by atomic mass is 10.4. The van der Waals surface area contributed by atoms with Gasteiger partial charge in [0.1, 0.15) is 4.88 Å². The Bertz CT molecular complexity index is 244. The molecule has 0 spiro atoms. The van der Waals surface area contributed by atoms with Gasteiger partial charge in [0.25, 0.3) is 5.91 Å². The Labute approximate surface area is 63.1 Å². The molecule has 0 unspecified atom stereocenters. The minimum Gasteiger partial charge on any atom is -0.354 e. The first-order valence-electron chi connectivity index (χ1n) is 2.81. The average molecular weight is 155 g/mol. The monoisotopic (exact) mass is 155 g/mol. The molecule has 1 radical (unpaired) electrons. The summed E-state index contributed by atoms with van der Waals surface area (Å²) >= 11 is 1.23. The summed E-state index contributed by atoms with van der Waals surface area (Å²) < 4.78 is 0. The van der Waals surface area contributed by atoms with E-state index >= 15 is 0 Å². The van der Waals surface area contributed by atoms with Crippen LogP contribution in [-0.2, 0) is 0 Å². The number of aryl methyl sites for hydroxylation is 1. The maximum atomic E-state index is 10.9. The maximum absolute atomic E-state index is 10.9. The summed E-state index contributed by atoms with van der Waals surface area (Å²) in [5.41, 5.74) is 3.38. The highest BCUT2D eigenvalue weighted by Crippen LogP contribution is 2.09. The number of thiazole rings is 1. The number of amides is 1. The van der Waals surface area contributed by atoms with Gasteiger partial charge < -0.3 is 5.32 Å². The lowest BCUT2D eigenvalue weighted by Gasteiger charge is -1.93. The van der Waals surface area contributed by atoms with E-state index in [-0.39, 0.29) is 5.91 Å². The van der Waals surface area contributed by atoms with Crippen LogP contribution in [0.2, 0.25) is 0 Å². The number of rotatable bonds is 1. The van der Waals surface area contributed by atoms with Crippen LogP contribution < -0.4 is 5.32 Å². The van der Waals surface area contributed by atoms with Gasteiger partial charge in [-0.1, -0.05) is 0 Å². The molecule has 0 bridgehead atoms. The molecular formula is C6H7N2OS. The van der Waals surface area contributed by atoms with Crippen LogP contribution in [0, 0.1) is 12.4 Å². The molecule has 0 aromatic carbocycles. The molecule has 0 fully saturated rings. The largest absolute Gasteiger partial charge is 0.354 e. The fraction of sp³-hybridized carbons (Fsp3) is 0.333.